The number of rotatable bonds is 4. The molecule has 1 atom stereocenters. The molecule has 0 saturated carbocycles. The molecule has 4 heteroatoms. The Hall–Kier alpha value is -1.83. The Morgan fingerprint density at radius 1 is 1.45 bits per heavy atom. The van der Waals surface area contributed by atoms with E-state index >= 15 is 0 Å². The number of benzene rings is 1. The average molecular weight is 274 g/mol. The van der Waals surface area contributed by atoms with E-state index in [-0.39, 0.29) is 18.6 Å². The van der Waals surface area contributed by atoms with Crippen LogP contribution < -0.4 is 5.32 Å². The predicted molar refractivity (Wildman–Crippen MR) is 80.6 cm³/mol. The molecule has 0 aliphatic carbocycles. The van der Waals surface area contributed by atoms with Crippen molar-refractivity contribution in [2.24, 2.45) is 0 Å². The molecule has 4 nitrogen and oxygen atoms in total. The van der Waals surface area contributed by atoms with Crippen molar-refractivity contribution in [1.29, 1.82) is 0 Å². The molecule has 0 aromatic heterocycles. The Morgan fingerprint density at radius 2 is 2.15 bits per heavy atom. The molecule has 1 amide bonds. The van der Waals surface area contributed by atoms with Crippen molar-refractivity contribution in [2.45, 2.75) is 19.9 Å². The summed E-state index contributed by atoms with van der Waals surface area (Å²) in [4.78, 5) is 14.1. The zero-order chi connectivity index (χ0) is 15.1. The van der Waals surface area contributed by atoms with Gasteiger partial charge in [0.2, 0.25) is 0 Å². The van der Waals surface area contributed by atoms with E-state index in [0.717, 1.165) is 11.1 Å². The lowest BCUT2D eigenvalue weighted by Gasteiger charge is -2.20. The van der Waals surface area contributed by atoms with Crippen LogP contribution >= 0.6 is 0 Å². The van der Waals surface area contributed by atoms with Gasteiger partial charge < -0.3 is 15.3 Å². The summed E-state index contributed by atoms with van der Waals surface area (Å²) in [6.45, 7) is 4.40. The van der Waals surface area contributed by atoms with Gasteiger partial charge in [-0.05, 0) is 51.7 Å². The summed E-state index contributed by atoms with van der Waals surface area (Å²) < 4.78 is 0. The molecular formula is C16H22N2O2. The van der Waals surface area contributed by atoms with Crippen LogP contribution in [0.1, 0.15) is 28.4 Å². The van der Waals surface area contributed by atoms with Crippen LogP contribution in [0.4, 0.5) is 0 Å². The van der Waals surface area contributed by atoms with Crippen molar-refractivity contribution in [3.8, 4) is 11.8 Å². The van der Waals surface area contributed by atoms with Crippen molar-refractivity contribution in [1.82, 2.24) is 10.2 Å². The number of nitrogens with one attached hydrogen (secondary N) is 1. The molecular weight excluding hydrogens is 252 g/mol. The van der Waals surface area contributed by atoms with Crippen LogP contribution in [-0.2, 0) is 0 Å². The maximum absolute atomic E-state index is 12.0. The Kier molecular flexibility index (Phi) is 6.23. The van der Waals surface area contributed by atoms with E-state index in [4.69, 9.17) is 5.11 Å². The Labute approximate surface area is 120 Å². The van der Waals surface area contributed by atoms with Crippen LogP contribution in [0.15, 0.2) is 18.2 Å². The van der Waals surface area contributed by atoms with E-state index in [9.17, 15) is 4.79 Å². The minimum Gasteiger partial charge on any atom is -0.384 e. The lowest BCUT2D eigenvalue weighted by molar-refractivity contribution is 0.0943. The van der Waals surface area contributed by atoms with Crippen LogP contribution in [0.5, 0.6) is 0 Å². The zero-order valence-electron chi connectivity index (χ0n) is 12.5. The van der Waals surface area contributed by atoms with Crippen molar-refractivity contribution < 1.29 is 9.90 Å². The van der Waals surface area contributed by atoms with Gasteiger partial charge >= 0.3 is 0 Å². The fraction of sp³-hybridized carbons (Fsp3) is 0.438. The van der Waals surface area contributed by atoms with E-state index in [1.807, 2.05) is 33.2 Å². The second kappa shape index (κ2) is 7.68. The van der Waals surface area contributed by atoms with E-state index in [1.54, 1.807) is 6.07 Å². The Morgan fingerprint density at radius 3 is 2.70 bits per heavy atom. The van der Waals surface area contributed by atoms with E-state index in [0.29, 0.717) is 12.1 Å². The Bertz CT molecular complexity index is 527. The van der Waals surface area contributed by atoms with Gasteiger partial charge in [-0.25, -0.2) is 0 Å². The molecule has 0 aliphatic rings. The van der Waals surface area contributed by atoms with E-state index in [2.05, 4.69) is 29.0 Å². The topological polar surface area (TPSA) is 52.6 Å². The molecule has 0 heterocycles. The number of likely N-dealkylation sites (N-methyl/N-ethyl adjacent to an activating group) is 1. The standard InChI is InChI=1S/C16H22N2O2/c1-12-10-15(8-7-14(12)6-5-9-19)16(20)17-11-13(2)18(3)4/h7-8,10,13,19H,9,11H2,1-4H3,(H,17,20). The predicted octanol–water partition coefficient (Wildman–Crippen LogP) is 1.02. The number of hydrogen-bond acceptors (Lipinski definition) is 3. The first-order chi connectivity index (χ1) is 9.45. The second-order valence-electron chi connectivity index (χ2n) is 5.01. The lowest BCUT2D eigenvalue weighted by atomic mass is 10.0. The van der Waals surface area contributed by atoms with Crippen molar-refractivity contribution in [2.75, 3.05) is 27.2 Å². The summed E-state index contributed by atoms with van der Waals surface area (Å²) in [6.07, 6.45) is 0. The first kappa shape index (κ1) is 16.2. The number of hydrogen-bond donors (Lipinski definition) is 2. The van der Waals surface area contributed by atoms with Gasteiger partial charge in [-0.1, -0.05) is 11.8 Å². The third-order valence-corrected chi connectivity index (χ3v) is 3.23. The van der Waals surface area contributed by atoms with Crippen LogP contribution in [0.3, 0.4) is 0 Å². The fourth-order valence-electron chi connectivity index (χ4n) is 1.60. The van der Waals surface area contributed by atoms with Crippen molar-refractivity contribution >= 4 is 5.91 Å². The fourth-order valence-corrected chi connectivity index (χ4v) is 1.60. The number of aliphatic hydroxyl groups excluding tert-OH is 1. The SMILES string of the molecule is Cc1cc(C(=O)NCC(C)N(C)C)ccc1C#CCO. The highest BCUT2D eigenvalue weighted by Crippen LogP contribution is 2.10. The monoisotopic (exact) mass is 274 g/mol. The molecule has 0 spiro atoms. The van der Waals surface area contributed by atoms with Crippen LogP contribution in [0.2, 0.25) is 0 Å². The molecule has 0 bridgehead atoms. The first-order valence-corrected chi connectivity index (χ1v) is 6.60. The summed E-state index contributed by atoms with van der Waals surface area (Å²) in [7, 11) is 3.96. The molecule has 0 radical (unpaired) electrons. The number of carbonyl (C=O) groups excluding carboxylic acids is 1. The van der Waals surface area contributed by atoms with Crippen LogP contribution in [-0.4, -0.2) is 49.2 Å². The summed E-state index contributed by atoms with van der Waals surface area (Å²) in [6, 6.07) is 5.67. The second-order valence-corrected chi connectivity index (χ2v) is 5.01. The third kappa shape index (κ3) is 4.69. The first-order valence-electron chi connectivity index (χ1n) is 6.60. The van der Waals surface area contributed by atoms with E-state index < -0.39 is 0 Å². The van der Waals surface area contributed by atoms with Gasteiger partial charge in [-0.3, -0.25) is 4.79 Å². The number of aliphatic hydroxyl groups is 1. The highest BCUT2D eigenvalue weighted by atomic mass is 16.2. The van der Waals surface area contributed by atoms with E-state index in [1.165, 1.54) is 0 Å². The molecule has 1 unspecified atom stereocenters. The molecule has 0 saturated heterocycles. The molecule has 1 rings (SSSR count). The zero-order valence-corrected chi connectivity index (χ0v) is 12.5. The number of nitrogens with zero attached hydrogens (tertiary/aromatic N) is 1. The summed E-state index contributed by atoms with van der Waals surface area (Å²) in [5.41, 5.74) is 2.39. The Balaban J connectivity index is 2.73. The maximum atomic E-state index is 12.0. The molecule has 108 valence electrons. The minimum absolute atomic E-state index is 0.0801. The van der Waals surface area contributed by atoms with Gasteiger partial charge in [0.05, 0.1) is 0 Å². The molecule has 0 aliphatic heterocycles. The van der Waals surface area contributed by atoms with Gasteiger partial charge in [-0.15, -0.1) is 0 Å². The summed E-state index contributed by atoms with van der Waals surface area (Å²) in [5, 5.41) is 11.6. The largest absolute Gasteiger partial charge is 0.384 e. The molecule has 1 aromatic rings. The number of aryl methyl sites for hydroxylation is 1. The summed E-state index contributed by atoms with van der Waals surface area (Å²) in [5.74, 6) is 5.38. The minimum atomic E-state index is -0.163. The van der Waals surface area contributed by atoms with Gasteiger partial charge in [-0.2, -0.15) is 0 Å². The molecule has 1 aromatic carbocycles. The van der Waals surface area contributed by atoms with Gasteiger partial charge in [0.15, 0.2) is 0 Å². The summed E-state index contributed by atoms with van der Waals surface area (Å²) >= 11 is 0. The maximum Gasteiger partial charge on any atom is 0.251 e. The number of amides is 1. The highest BCUT2D eigenvalue weighted by molar-refractivity contribution is 5.94. The third-order valence-electron chi connectivity index (χ3n) is 3.23. The van der Waals surface area contributed by atoms with Crippen molar-refractivity contribution in [3.05, 3.63) is 34.9 Å². The van der Waals surface area contributed by atoms with Gasteiger partial charge in [0, 0.05) is 23.7 Å². The number of carbonyl (C=O) groups is 1. The normalized spacial score (nSPS) is 11.7. The average Bonchev–Trinajstić information content (AvgIpc) is 2.42. The van der Waals surface area contributed by atoms with Crippen LogP contribution in [0, 0.1) is 18.8 Å². The smallest absolute Gasteiger partial charge is 0.251 e. The lowest BCUT2D eigenvalue weighted by Crippen LogP contribution is -2.38. The van der Waals surface area contributed by atoms with Crippen LogP contribution in [0.25, 0.3) is 0 Å². The molecule has 0 fully saturated rings. The quantitative estimate of drug-likeness (QED) is 0.806. The molecule has 20 heavy (non-hydrogen) atoms. The molecule has 2 N–H and O–H groups in total. The van der Waals surface area contributed by atoms with Gasteiger partial charge in [0.1, 0.15) is 6.61 Å². The van der Waals surface area contributed by atoms with Crippen molar-refractivity contribution in [3.63, 3.8) is 0 Å². The van der Waals surface area contributed by atoms with Gasteiger partial charge in [0.25, 0.3) is 5.91 Å². The highest BCUT2D eigenvalue weighted by Gasteiger charge is 2.10.